The minimum atomic E-state index is -1.11. The summed E-state index contributed by atoms with van der Waals surface area (Å²) in [6.45, 7) is 2.74. The van der Waals surface area contributed by atoms with Crippen LogP contribution in [-0.4, -0.2) is 18.1 Å². The number of rotatable bonds is 1. The lowest BCUT2D eigenvalue weighted by atomic mass is 10.0. The van der Waals surface area contributed by atoms with E-state index in [0.717, 1.165) is 19.3 Å². The van der Waals surface area contributed by atoms with Crippen LogP contribution < -0.4 is 4.90 Å². The van der Waals surface area contributed by atoms with Gasteiger partial charge >= 0.3 is 0 Å². The van der Waals surface area contributed by atoms with Crippen molar-refractivity contribution in [3.05, 3.63) is 47.3 Å². The van der Waals surface area contributed by atoms with E-state index in [2.05, 4.69) is 4.98 Å². The molecular formula is C19H17F3N2. The first kappa shape index (κ1) is 15.2. The minimum Gasteiger partial charge on any atom is -0.367 e. The van der Waals surface area contributed by atoms with Crippen LogP contribution in [0.4, 0.5) is 18.9 Å². The van der Waals surface area contributed by atoms with Gasteiger partial charge < -0.3 is 4.90 Å². The van der Waals surface area contributed by atoms with E-state index >= 15 is 4.39 Å². The Hall–Kier alpha value is -2.30. The molecule has 2 aromatic carbocycles. The molecule has 2 nitrogen and oxygen atoms in total. The zero-order valence-corrected chi connectivity index (χ0v) is 13.4. The lowest BCUT2D eigenvalue weighted by Crippen LogP contribution is -2.31. The first-order valence-electron chi connectivity index (χ1n) is 8.20. The highest BCUT2D eigenvalue weighted by atomic mass is 19.2. The molecule has 0 amide bonds. The highest BCUT2D eigenvalue weighted by molar-refractivity contribution is 5.99. The van der Waals surface area contributed by atoms with E-state index in [-0.39, 0.29) is 16.6 Å². The Balaban J connectivity index is 2.08. The molecule has 0 saturated carbocycles. The van der Waals surface area contributed by atoms with Crippen LogP contribution in [0.1, 0.15) is 24.8 Å². The zero-order chi connectivity index (χ0) is 16.8. The van der Waals surface area contributed by atoms with Crippen LogP contribution in [0.3, 0.4) is 0 Å². The summed E-state index contributed by atoms with van der Waals surface area (Å²) in [5.41, 5.74) is 0.723. The smallest absolute Gasteiger partial charge is 0.185 e. The van der Waals surface area contributed by atoms with Gasteiger partial charge in [-0.25, -0.2) is 18.2 Å². The highest BCUT2D eigenvalue weighted by Crippen LogP contribution is 2.37. The third-order valence-electron chi connectivity index (χ3n) is 4.86. The average molecular weight is 330 g/mol. The number of hydrogen-bond donors (Lipinski definition) is 0. The summed E-state index contributed by atoms with van der Waals surface area (Å²) in [7, 11) is 0. The Bertz CT molecular complexity index is 947. The molecule has 24 heavy (non-hydrogen) atoms. The van der Waals surface area contributed by atoms with Gasteiger partial charge in [0.1, 0.15) is 11.2 Å². The molecule has 4 rings (SSSR count). The Morgan fingerprint density at radius 2 is 1.62 bits per heavy atom. The summed E-state index contributed by atoms with van der Waals surface area (Å²) in [6, 6.07) is 7.13. The number of fused-ring (bicyclic) bond motifs is 2. The number of aryl methyl sites for hydroxylation is 1. The minimum absolute atomic E-state index is 0.0653. The Labute approximate surface area is 137 Å². The van der Waals surface area contributed by atoms with E-state index in [1.54, 1.807) is 36.1 Å². The number of hydrogen-bond acceptors (Lipinski definition) is 2. The second kappa shape index (κ2) is 5.65. The standard InChI is InChI=1S/C19H17F3N2/c1-11-12-7-3-4-8-13(12)23-18-14(11)15(20)16(21)19(17(18)22)24-9-5-2-6-10-24/h3-4,7-8H,2,5-6,9-10H2,1H3. The summed E-state index contributed by atoms with van der Waals surface area (Å²) < 4.78 is 44.5. The Morgan fingerprint density at radius 1 is 0.917 bits per heavy atom. The summed E-state index contributed by atoms with van der Waals surface area (Å²) in [4.78, 5) is 5.89. The second-order valence-electron chi connectivity index (χ2n) is 6.32. The van der Waals surface area contributed by atoms with E-state index < -0.39 is 17.5 Å². The molecule has 124 valence electrons. The van der Waals surface area contributed by atoms with Gasteiger partial charge in [-0.15, -0.1) is 0 Å². The molecule has 0 aliphatic carbocycles. The topological polar surface area (TPSA) is 16.1 Å². The average Bonchev–Trinajstić information content (AvgIpc) is 2.61. The van der Waals surface area contributed by atoms with Gasteiger partial charge in [-0.3, -0.25) is 0 Å². The van der Waals surface area contributed by atoms with E-state index in [1.165, 1.54) is 0 Å². The molecule has 3 aromatic rings. The second-order valence-corrected chi connectivity index (χ2v) is 6.32. The molecule has 5 heteroatoms. The van der Waals surface area contributed by atoms with Crippen LogP contribution in [0, 0.1) is 24.4 Å². The van der Waals surface area contributed by atoms with Gasteiger partial charge in [-0.05, 0) is 37.8 Å². The van der Waals surface area contributed by atoms with Crippen molar-refractivity contribution < 1.29 is 13.2 Å². The van der Waals surface area contributed by atoms with Crippen LogP contribution in [0.2, 0.25) is 0 Å². The van der Waals surface area contributed by atoms with Crippen molar-refractivity contribution in [2.75, 3.05) is 18.0 Å². The van der Waals surface area contributed by atoms with Crippen molar-refractivity contribution in [3.8, 4) is 0 Å². The van der Waals surface area contributed by atoms with Crippen molar-refractivity contribution >= 4 is 27.5 Å². The molecule has 0 radical (unpaired) electrons. The number of anilines is 1. The normalized spacial score (nSPS) is 15.4. The van der Waals surface area contributed by atoms with E-state index in [0.29, 0.717) is 29.6 Å². The summed E-state index contributed by atoms with van der Waals surface area (Å²) in [6.07, 6.45) is 2.73. The monoisotopic (exact) mass is 330 g/mol. The number of para-hydroxylation sites is 1. The van der Waals surface area contributed by atoms with Crippen LogP contribution in [0.15, 0.2) is 24.3 Å². The highest BCUT2D eigenvalue weighted by Gasteiger charge is 2.27. The molecule has 1 aromatic heterocycles. The number of pyridine rings is 1. The maximum Gasteiger partial charge on any atom is 0.185 e. The van der Waals surface area contributed by atoms with Crippen molar-refractivity contribution in [1.82, 2.24) is 4.98 Å². The maximum absolute atomic E-state index is 15.1. The SMILES string of the molecule is Cc1c2ccccc2nc2c(F)c(N3CCCCC3)c(F)c(F)c12. The van der Waals surface area contributed by atoms with Crippen LogP contribution in [0.5, 0.6) is 0 Å². The summed E-state index contributed by atoms with van der Waals surface area (Å²) in [5, 5.41) is 0.637. The van der Waals surface area contributed by atoms with Gasteiger partial charge in [0.2, 0.25) is 0 Å². The van der Waals surface area contributed by atoms with Crippen molar-refractivity contribution in [2.45, 2.75) is 26.2 Å². The fourth-order valence-corrected chi connectivity index (χ4v) is 3.62. The van der Waals surface area contributed by atoms with Crippen LogP contribution in [0.25, 0.3) is 21.8 Å². The number of aromatic nitrogens is 1. The third-order valence-corrected chi connectivity index (χ3v) is 4.86. The van der Waals surface area contributed by atoms with Gasteiger partial charge in [0.05, 0.1) is 5.52 Å². The zero-order valence-electron chi connectivity index (χ0n) is 13.4. The van der Waals surface area contributed by atoms with Gasteiger partial charge in [-0.2, -0.15) is 0 Å². The fourth-order valence-electron chi connectivity index (χ4n) is 3.62. The quantitative estimate of drug-likeness (QED) is 0.456. The first-order chi connectivity index (χ1) is 11.6. The molecule has 0 atom stereocenters. The third kappa shape index (κ3) is 2.14. The largest absolute Gasteiger partial charge is 0.367 e. The first-order valence-corrected chi connectivity index (χ1v) is 8.20. The van der Waals surface area contributed by atoms with Gasteiger partial charge in [0.15, 0.2) is 17.5 Å². The molecule has 0 bridgehead atoms. The molecular weight excluding hydrogens is 313 g/mol. The van der Waals surface area contributed by atoms with Crippen molar-refractivity contribution in [2.24, 2.45) is 0 Å². The molecule has 1 aliphatic heterocycles. The summed E-state index contributed by atoms with van der Waals surface area (Å²) >= 11 is 0. The van der Waals surface area contributed by atoms with Crippen molar-refractivity contribution in [3.63, 3.8) is 0 Å². The number of halogens is 3. The van der Waals surface area contributed by atoms with Gasteiger partial charge in [0, 0.05) is 23.9 Å². The Morgan fingerprint density at radius 3 is 2.38 bits per heavy atom. The molecule has 1 fully saturated rings. The summed E-state index contributed by atoms with van der Waals surface area (Å²) in [5.74, 6) is -2.88. The van der Waals surface area contributed by atoms with Crippen molar-refractivity contribution in [1.29, 1.82) is 0 Å². The maximum atomic E-state index is 15.1. The van der Waals surface area contributed by atoms with Gasteiger partial charge in [0.25, 0.3) is 0 Å². The molecule has 1 saturated heterocycles. The van der Waals surface area contributed by atoms with Gasteiger partial charge in [-0.1, -0.05) is 18.2 Å². The number of nitrogens with zero attached hydrogens (tertiary/aromatic N) is 2. The van der Waals surface area contributed by atoms with E-state index in [1.807, 2.05) is 0 Å². The van der Waals surface area contributed by atoms with Crippen LogP contribution in [-0.2, 0) is 0 Å². The lowest BCUT2D eigenvalue weighted by molar-refractivity contribution is 0.489. The Kier molecular flexibility index (Phi) is 3.59. The molecule has 1 aliphatic rings. The van der Waals surface area contributed by atoms with E-state index in [9.17, 15) is 8.78 Å². The predicted molar refractivity (Wildman–Crippen MR) is 89.9 cm³/mol. The molecule has 0 N–H and O–H groups in total. The number of benzene rings is 2. The fraction of sp³-hybridized carbons (Fsp3) is 0.316. The molecule has 0 spiro atoms. The lowest BCUT2D eigenvalue weighted by Gasteiger charge is -2.30. The number of piperidine rings is 1. The predicted octanol–water partition coefficient (Wildman–Crippen LogP) is 5.10. The molecule has 2 heterocycles. The van der Waals surface area contributed by atoms with Crippen LogP contribution >= 0.6 is 0 Å². The van der Waals surface area contributed by atoms with E-state index in [4.69, 9.17) is 0 Å². The molecule has 0 unspecified atom stereocenters.